The van der Waals surface area contributed by atoms with Gasteiger partial charge in [-0.2, -0.15) is 5.26 Å². The van der Waals surface area contributed by atoms with E-state index in [0.29, 0.717) is 5.56 Å². The average molecular weight is 282 g/mol. The van der Waals surface area contributed by atoms with Gasteiger partial charge in [-0.05, 0) is 30.3 Å². The molecule has 2 aromatic carbocycles. The van der Waals surface area contributed by atoms with Crippen LogP contribution < -0.4 is 4.90 Å². The smallest absolute Gasteiger partial charge is 0.145 e. The minimum Gasteiger partial charge on any atom is -0.506 e. The summed E-state index contributed by atoms with van der Waals surface area (Å²) < 4.78 is 0. The fourth-order valence-corrected chi connectivity index (χ4v) is 1.66. The molecule has 6 heteroatoms. The third kappa shape index (κ3) is 3.28. The molecule has 0 heterocycles. The fourth-order valence-electron chi connectivity index (χ4n) is 1.66. The van der Waals surface area contributed by atoms with Crippen molar-refractivity contribution >= 4 is 17.1 Å². The van der Waals surface area contributed by atoms with Crippen molar-refractivity contribution in [1.29, 1.82) is 5.26 Å². The van der Waals surface area contributed by atoms with E-state index in [0.717, 1.165) is 5.69 Å². The standard InChI is InChI=1S/C15H14N4O2/c1-19(2)11-4-5-12(15(21)8-11)17-18-13-7-10(9-16)3-6-14(13)20/h3-8,20-21H,1-2H3. The molecule has 0 saturated carbocycles. The van der Waals surface area contributed by atoms with Crippen LogP contribution in [0.25, 0.3) is 0 Å². The lowest BCUT2D eigenvalue weighted by Gasteiger charge is -2.12. The van der Waals surface area contributed by atoms with Gasteiger partial charge in [-0.15, -0.1) is 10.2 Å². The molecule has 0 aliphatic rings. The highest BCUT2D eigenvalue weighted by molar-refractivity contribution is 5.61. The van der Waals surface area contributed by atoms with E-state index in [1.165, 1.54) is 18.2 Å². The van der Waals surface area contributed by atoms with E-state index in [2.05, 4.69) is 10.2 Å². The maximum absolute atomic E-state index is 9.89. The number of rotatable bonds is 3. The quantitative estimate of drug-likeness (QED) is 0.843. The van der Waals surface area contributed by atoms with E-state index in [9.17, 15) is 10.2 Å². The summed E-state index contributed by atoms with van der Waals surface area (Å²) in [5.41, 5.74) is 1.65. The van der Waals surface area contributed by atoms with Crippen LogP contribution in [0.1, 0.15) is 5.56 Å². The Morgan fingerprint density at radius 3 is 2.29 bits per heavy atom. The molecule has 6 nitrogen and oxygen atoms in total. The van der Waals surface area contributed by atoms with Crippen LogP contribution in [-0.4, -0.2) is 24.3 Å². The van der Waals surface area contributed by atoms with Gasteiger partial charge in [-0.25, -0.2) is 0 Å². The van der Waals surface area contributed by atoms with Crippen LogP contribution in [0.5, 0.6) is 11.5 Å². The van der Waals surface area contributed by atoms with Crippen molar-refractivity contribution in [2.75, 3.05) is 19.0 Å². The lowest BCUT2D eigenvalue weighted by Crippen LogP contribution is -2.07. The average Bonchev–Trinajstić information content (AvgIpc) is 2.47. The Morgan fingerprint density at radius 2 is 1.67 bits per heavy atom. The third-order valence-electron chi connectivity index (χ3n) is 2.85. The first-order chi connectivity index (χ1) is 10.0. The maximum atomic E-state index is 9.89. The molecule has 0 amide bonds. The van der Waals surface area contributed by atoms with E-state index in [1.807, 2.05) is 25.1 Å². The van der Waals surface area contributed by atoms with Gasteiger partial charge in [0.25, 0.3) is 0 Å². The molecule has 0 radical (unpaired) electrons. The zero-order valence-corrected chi connectivity index (χ0v) is 11.6. The lowest BCUT2D eigenvalue weighted by atomic mass is 10.2. The third-order valence-corrected chi connectivity index (χ3v) is 2.85. The molecule has 21 heavy (non-hydrogen) atoms. The Kier molecular flexibility index (Phi) is 4.05. The summed E-state index contributed by atoms with van der Waals surface area (Å²) in [4.78, 5) is 1.85. The van der Waals surface area contributed by atoms with Gasteiger partial charge in [-0.3, -0.25) is 0 Å². The van der Waals surface area contributed by atoms with Gasteiger partial charge in [0.05, 0.1) is 11.6 Å². The molecule has 0 unspecified atom stereocenters. The first-order valence-corrected chi connectivity index (χ1v) is 6.16. The van der Waals surface area contributed by atoms with E-state index in [4.69, 9.17) is 5.26 Å². The molecular weight excluding hydrogens is 268 g/mol. The molecule has 0 bridgehead atoms. The van der Waals surface area contributed by atoms with Crippen molar-refractivity contribution in [3.8, 4) is 17.6 Å². The van der Waals surface area contributed by atoms with Crippen molar-refractivity contribution in [3.05, 3.63) is 42.0 Å². The van der Waals surface area contributed by atoms with Gasteiger partial charge < -0.3 is 15.1 Å². The SMILES string of the molecule is CN(C)c1ccc(N=Nc2cc(C#N)ccc2O)c(O)c1. The fraction of sp³-hybridized carbons (Fsp3) is 0.133. The Morgan fingerprint density at radius 1 is 0.952 bits per heavy atom. The van der Waals surface area contributed by atoms with Crippen LogP contribution in [-0.2, 0) is 0 Å². The van der Waals surface area contributed by atoms with Crippen LogP contribution in [0.3, 0.4) is 0 Å². The normalized spacial score (nSPS) is 10.5. The second kappa shape index (κ2) is 5.92. The molecule has 0 spiro atoms. The summed E-state index contributed by atoms with van der Waals surface area (Å²) in [5, 5.41) is 36.1. The largest absolute Gasteiger partial charge is 0.506 e. The summed E-state index contributed by atoms with van der Waals surface area (Å²) in [5.74, 6) is -0.0944. The van der Waals surface area contributed by atoms with Gasteiger partial charge in [0.2, 0.25) is 0 Å². The number of aromatic hydroxyl groups is 2. The predicted molar refractivity (Wildman–Crippen MR) is 79.4 cm³/mol. The van der Waals surface area contributed by atoms with Crippen molar-refractivity contribution in [1.82, 2.24) is 0 Å². The number of nitrogens with zero attached hydrogens (tertiary/aromatic N) is 4. The van der Waals surface area contributed by atoms with Crippen LogP contribution in [0.15, 0.2) is 46.6 Å². The number of azo groups is 1. The summed E-state index contributed by atoms with van der Waals surface area (Å²) in [6, 6.07) is 11.2. The minimum atomic E-state index is -0.0813. The first-order valence-electron chi connectivity index (χ1n) is 6.16. The molecule has 0 fully saturated rings. The highest BCUT2D eigenvalue weighted by Crippen LogP contribution is 2.33. The number of benzene rings is 2. The molecule has 2 aromatic rings. The molecule has 2 N–H and O–H groups in total. The van der Waals surface area contributed by atoms with Crippen molar-refractivity contribution in [2.24, 2.45) is 10.2 Å². The Hall–Kier alpha value is -3.07. The second-order valence-electron chi connectivity index (χ2n) is 4.58. The second-order valence-corrected chi connectivity index (χ2v) is 4.58. The Balaban J connectivity index is 2.32. The molecule has 0 atom stereocenters. The zero-order valence-electron chi connectivity index (χ0n) is 11.6. The maximum Gasteiger partial charge on any atom is 0.145 e. The van der Waals surface area contributed by atoms with E-state index in [-0.39, 0.29) is 22.9 Å². The van der Waals surface area contributed by atoms with E-state index >= 15 is 0 Å². The van der Waals surface area contributed by atoms with Crippen LogP contribution in [0.4, 0.5) is 17.1 Å². The highest BCUT2D eigenvalue weighted by Gasteiger charge is 2.05. The number of phenols is 2. The molecule has 0 aromatic heterocycles. The number of hydrogen-bond acceptors (Lipinski definition) is 6. The monoisotopic (exact) mass is 282 g/mol. The van der Waals surface area contributed by atoms with Crippen molar-refractivity contribution < 1.29 is 10.2 Å². The topological polar surface area (TPSA) is 92.2 Å². The van der Waals surface area contributed by atoms with Gasteiger partial charge >= 0.3 is 0 Å². The summed E-state index contributed by atoms with van der Waals surface area (Å²) in [6.07, 6.45) is 0. The zero-order chi connectivity index (χ0) is 15.4. The molecular formula is C15H14N4O2. The van der Waals surface area contributed by atoms with Crippen LogP contribution in [0, 0.1) is 11.3 Å². The highest BCUT2D eigenvalue weighted by atomic mass is 16.3. The van der Waals surface area contributed by atoms with Gasteiger partial charge in [-0.1, -0.05) is 0 Å². The van der Waals surface area contributed by atoms with E-state index < -0.39 is 0 Å². The Labute approximate surface area is 122 Å². The summed E-state index contributed by atoms with van der Waals surface area (Å²) >= 11 is 0. The molecule has 2 rings (SSSR count). The molecule has 0 saturated heterocycles. The molecule has 106 valence electrons. The number of hydrogen-bond donors (Lipinski definition) is 2. The van der Waals surface area contributed by atoms with Gasteiger partial charge in [0.1, 0.15) is 22.9 Å². The molecule has 0 aliphatic carbocycles. The molecule has 0 aliphatic heterocycles. The van der Waals surface area contributed by atoms with Crippen LogP contribution >= 0.6 is 0 Å². The Bertz CT molecular complexity index is 733. The van der Waals surface area contributed by atoms with E-state index in [1.54, 1.807) is 18.2 Å². The number of anilines is 1. The van der Waals surface area contributed by atoms with Crippen molar-refractivity contribution in [2.45, 2.75) is 0 Å². The summed E-state index contributed by atoms with van der Waals surface area (Å²) in [6.45, 7) is 0. The van der Waals surface area contributed by atoms with Crippen molar-refractivity contribution in [3.63, 3.8) is 0 Å². The summed E-state index contributed by atoms with van der Waals surface area (Å²) in [7, 11) is 3.72. The minimum absolute atomic E-state index is 0.0131. The van der Waals surface area contributed by atoms with Gasteiger partial charge in [0.15, 0.2) is 0 Å². The van der Waals surface area contributed by atoms with Gasteiger partial charge in [0, 0.05) is 25.8 Å². The lowest BCUT2D eigenvalue weighted by molar-refractivity contribution is 0.474. The first kappa shape index (κ1) is 14.3. The predicted octanol–water partition coefficient (Wildman–Crippen LogP) is 3.45. The number of phenolic OH excluding ortho intramolecular Hbond substituents is 2. The van der Waals surface area contributed by atoms with Crippen LogP contribution in [0.2, 0.25) is 0 Å². The number of nitriles is 1.